The number of aromatic nitrogens is 4. The van der Waals surface area contributed by atoms with Crippen LogP contribution < -0.4 is 27.4 Å². The van der Waals surface area contributed by atoms with E-state index in [4.69, 9.17) is 5.84 Å². The van der Waals surface area contributed by atoms with Crippen LogP contribution in [0, 0.1) is 19.8 Å². The minimum absolute atomic E-state index is 0.244. The monoisotopic (exact) mass is 411 g/mol. The highest BCUT2D eigenvalue weighted by molar-refractivity contribution is 5.78. The molecule has 30 heavy (non-hydrogen) atoms. The minimum Gasteiger partial charge on any atom is -0.312 e. The van der Waals surface area contributed by atoms with Gasteiger partial charge in [0.25, 0.3) is 11.5 Å². The number of nitrogens with one attached hydrogen (secondary N) is 1. The molecule has 0 bridgehead atoms. The van der Waals surface area contributed by atoms with Crippen LogP contribution in [0.2, 0.25) is 0 Å². The van der Waals surface area contributed by atoms with Crippen LogP contribution in [-0.2, 0) is 24.9 Å². The summed E-state index contributed by atoms with van der Waals surface area (Å²) in [5.41, 5.74) is 4.73. The van der Waals surface area contributed by atoms with Gasteiger partial charge in [-0.05, 0) is 43.0 Å². The zero-order valence-electron chi connectivity index (χ0n) is 17.5. The fourth-order valence-corrected chi connectivity index (χ4v) is 3.94. The first-order chi connectivity index (χ1) is 14.2. The van der Waals surface area contributed by atoms with E-state index in [1.165, 1.54) is 10.1 Å². The van der Waals surface area contributed by atoms with E-state index in [0.717, 1.165) is 22.4 Å². The molecular formula is C20H25N7O3. The Morgan fingerprint density at radius 2 is 1.97 bits per heavy atom. The van der Waals surface area contributed by atoms with Crippen molar-refractivity contribution in [1.29, 1.82) is 0 Å². The van der Waals surface area contributed by atoms with Crippen molar-refractivity contribution < 1.29 is 4.79 Å². The van der Waals surface area contributed by atoms with E-state index in [-0.39, 0.29) is 5.92 Å². The molecular weight excluding hydrogens is 386 g/mol. The molecule has 1 aliphatic rings. The lowest BCUT2D eigenvalue weighted by atomic mass is 10.1. The second-order valence-electron chi connectivity index (χ2n) is 7.98. The lowest BCUT2D eigenvalue weighted by Crippen LogP contribution is -2.45. The number of anilines is 2. The number of hydrogen-bond acceptors (Lipinski definition) is 6. The Balaban J connectivity index is 1.98. The van der Waals surface area contributed by atoms with Gasteiger partial charge >= 0.3 is 5.69 Å². The molecule has 10 heteroatoms. The lowest BCUT2D eigenvalue weighted by Gasteiger charge is -2.33. The molecule has 1 atom stereocenters. The van der Waals surface area contributed by atoms with Crippen molar-refractivity contribution in [2.75, 3.05) is 11.4 Å². The van der Waals surface area contributed by atoms with E-state index < -0.39 is 23.7 Å². The molecule has 1 amide bonds. The van der Waals surface area contributed by atoms with E-state index in [0.29, 0.717) is 23.7 Å². The van der Waals surface area contributed by atoms with Crippen LogP contribution in [0.5, 0.6) is 0 Å². The molecule has 0 spiro atoms. The van der Waals surface area contributed by atoms with Gasteiger partial charge in [0, 0.05) is 25.8 Å². The predicted octanol–water partition coefficient (Wildman–Crippen LogP) is 0.291. The second kappa shape index (κ2) is 7.13. The van der Waals surface area contributed by atoms with Crippen LogP contribution in [0.1, 0.15) is 18.1 Å². The van der Waals surface area contributed by atoms with Crippen molar-refractivity contribution in [3.05, 3.63) is 50.2 Å². The van der Waals surface area contributed by atoms with Crippen molar-refractivity contribution in [3.8, 4) is 0 Å². The number of imidazole rings is 1. The molecule has 0 fully saturated rings. The summed E-state index contributed by atoms with van der Waals surface area (Å²) in [6, 6.07) is 6.19. The average Bonchev–Trinajstić information content (AvgIpc) is 3.10. The number of nitrogens with two attached hydrogens (primary N) is 1. The molecule has 3 heterocycles. The Morgan fingerprint density at radius 1 is 1.23 bits per heavy atom. The molecule has 1 aliphatic heterocycles. The predicted molar refractivity (Wildman–Crippen MR) is 114 cm³/mol. The van der Waals surface area contributed by atoms with Crippen LogP contribution in [0.4, 0.5) is 11.6 Å². The lowest BCUT2D eigenvalue weighted by molar-refractivity contribution is -0.121. The van der Waals surface area contributed by atoms with Gasteiger partial charge in [0.1, 0.15) is 6.54 Å². The third kappa shape index (κ3) is 3.00. The Morgan fingerprint density at radius 3 is 2.63 bits per heavy atom. The third-order valence-electron chi connectivity index (χ3n) is 5.71. The van der Waals surface area contributed by atoms with Crippen LogP contribution >= 0.6 is 0 Å². The van der Waals surface area contributed by atoms with Crippen molar-refractivity contribution in [2.45, 2.75) is 33.9 Å². The van der Waals surface area contributed by atoms with Crippen LogP contribution in [0.3, 0.4) is 0 Å². The summed E-state index contributed by atoms with van der Waals surface area (Å²) in [7, 11) is 1.55. The molecule has 0 saturated carbocycles. The Kier molecular flexibility index (Phi) is 4.73. The van der Waals surface area contributed by atoms with Crippen molar-refractivity contribution in [2.24, 2.45) is 18.8 Å². The van der Waals surface area contributed by atoms with Gasteiger partial charge in [-0.1, -0.05) is 13.0 Å². The van der Waals surface area contributed by atoms with Gasteiger partial charge in [0.15, 0.2) is 11.2 Å². The number of nitrogens with zero attached hydrogens (tertiary/aromatic N) is 5. The Labute approximate surface area is 172 Å². The average molecular weight is 411 g/mol. The fraction of sp³-hybridized carbons (Fsp3) is 0.400. The van der Waals surface area contributed by atoms with Gasteiger partial charge in [0.2, 0.25) is 5.95 Å². The first kappa shape index (κ1) is 19.9. The summed E-state index contributed by atoms with van der Waals surface area (Å²) in [5, 5.41) is 0. The summed E-state index contributed by atoms with van der Waals surface area (Å²) in [4.78, 5) is 44.4. The molecule has 158 valence electrons. The Hall–Kier alpha value is -3.40. The number of rotatable bonds is 3. The molecule has 0 radical (unpaired) electrons. The maximum absolute atomic E-state index is 13.2. The van der Waals surface area contributed by atoms with Gasteiger partial charge in [-0.15, -0.1) is 0 Å². The normalized spacial score (nSPS) is 16.0. The summed E-state index contributed by atoms with van der Waals surface area (Å²) in [6.07, 6.45) is 0. The molecule has 1 aromatic carbocycles. The zero-order valence-corrected chi connectivity index (χ0v) is 17.5. The number of fused-ring (bicyclic) bond motifs is 3. The summed E-state index contributed by atoms with van der Waals surface area (Å²) < 4.78 is 4.03. The SMILES string of the molecule is Cc1ccc(N2C[C@H](C)Cn3c2nc2c3c(=O)n(CC(=O)NN)c(=O)n2C)cc1C. The van der Waals surface area contributed by atoms with Crippen LogP contribution in [0.25, 0.3) is 11.2 Å². The first-order valence-electron chi connectivity index (χ1n) is 9.77. The molecule has 0 saturated heterocycles. The fourth-order valence-electron chi connectivity index (χ4n) is 3.94. The number of benzene rings is 1. The molecule has 3 N–H and O–H groups in total. The van der Waals surface area contributed by atoms with Gasteiger partial charge in [-0.3, -0.25) is 19.6 Å². The smallest absolute Gasteiger partial charge is 0.312 e. The number of aryl methyl sites for hydroxylation is 3. The largest absolute Gasteiger partial charge is 0.332 e. The summed E-state index contributed by atoms with van der Waals surface area (Å²) in [5.74, 6) is 5.36. The highest BCUT2D eigenvalue weighted by atomic mass is 16.2. The molecule has 0 aliphatic carbocycles. The highest BCUT2D eigenvalue weighted by Gasteiger charge is 2.30. The second-order valence-corrected chi connectivity index (χ2v) is 7.98. The van der Waals surface area contributed by atoms with E-state index in [1.807, 2.05) is 16.1 Å². The molecule has 3 aromatic rings. The number of carbonyl (C=O) groups excluding carboxylic acids is 1. The highest BCUT2D eigenvalue weighted by Crippen LogP contribution is 2.33. The number of carbonyl (C=O) groups is 1. The maximum atomic E-state index is 13.2. The molecule has 2 aromatic heterocycles. The van der Waals surface area contributed by atoms with Gasteiger partial charge in [-0.25, -0.2) is 15.2 Å². The third-order valence-corrected chi connectivity index (χ3v) is 5.71. The number of hydrazine groups is 1. The van der Waals surface area contributed by atoms with Gasteiger partial charge < -0.3 is 9.47 Å². The molecule has 10 nitrogen and oxygen atoms in total. The number of hydrogen-bond donors (Lipinski definition) is 2. The van der Waals surface area contributed by atoms with Crippen LogP contribution in [-0.4, -0.2) is 31.1 Å². The maximum Gasteiger partial charge on any atom is 0.332 e. The minimum atomic E-state index is -0.628. The first-order valence-corrected chi connectivity index (χ1v) is 9.77. The Bertz CT molecular complexity index is 1280. The zero-order chi connectivity index (χ0) is 21.7. The summed E-state index contributed by atoms with van der Waals surface area (Å²) >= 11 is 0. The standard InChI is InChI=1S/C20H25N7O3/c1-11-8-25(14-6-5-12(2)13(3)7-14)19-22-17-16(26(19)9-11)18(29)27(10-15(28)23-21)20(30)24(17)4/h5-7,11H,8-10,21H2,1-4H3,(H,23,28)/t11-/m0/s1. The van der Waals surface area contributed by atoms with Crippen molar-refractivity contribution >= 4 is 28.7 Å². The van der Waals surface area contributed by atoms with Gasteiger partial charge in [-0.2, -0.15) is 4.98 Å². The van der Waals surface area contributed by atoms with E-state index in [1.54, 1.807) is 7.05 Å². The van der Waals surface area contributed by atoms with E-state index in [2.05, 4.69) is 42.8 Å². The van der Waals surface area contributed by atoms with E-state index in [9.17, 15) is 14.4 Å². The summed E-state index contributed by atoms with van der Waals surface area (Å²) in [6.45, 7) is 7.09. The van der Waals surface area contributed by atoms with Crippen LogP contribution in [0.15, 0.2) is 27.8 Å². The van der Waals surface area contributed by atoms with Crippen molar-refractivity contribution in [1.82, 2.24) is 24.1 Å². The van der Waals surface area contributed by atoms with Crippen molar-refractivity contribution in [3.63, 3.8) is 0 Å². The van der Waals surface area contributed by atoms with E-state index >= 15 is 0 Å². The van der Waals surface area contributed by atoms with Gasteiger partial charge in [0.05, 0.1) is 0 Å². The molecule has 0 unspecified atom stereocenters. The number of amides is 1. The quantitative estimate of drug-likeness (QED) is 0.363. The topological polar surface area (TPSA) is 120 Å². The molecule has 4 rings (SSSR count).